The average Bonchev–Trinajstić information content (AvgIpc) is 2.17. The third-order valence-corrected chi connectivity index (χ3v) is 2.66. The van der Waals surface area contributed by atoms with Crippen LogP contribution in [-0.2, 0) is 0 Å². The van der Waals surface area contributed by atoms with Crippen LogP contribution in [0, 0.1) is 0 Å². The van der Waals surface area contributed by atoms with E-state index in [0.29, 0.717) is 0 Å². The number of piperazine rings is 1. The second kappa shape index (κ2) is 4.91. The summed E-state index contributed by atoms with van der Waals surface area (Å²) in [5, 5.41) is 18.9. The van der Waals surface area contributed by atoms with E-state index < -0.39 is 0 Å². The molecule has 0 amide bonds. The molecule has 0 aromatic carbocycles. The minimum absolute atomic E-state index is 0.309. The molecule has 1 aliphatic rings. The minimum atomic E-state index is -0.360. The number of rotatable bonds is 3. The monoisotopic (exact) mass is 188 g/mol. The van der Waals surface area contributed by atoms with Crippen molar-refractivity contribution < 1.29 is 10.2 Å². The van der Waals surface area contributed by atoms with E-state index in [4.69, 9.17) is 0 Å². The molecule has 0 saturated carbocycles. The molecule has 78 valence electrons. The first kappa shape index (κ1) is 10.9. The first-order valence-electron chi connectivity index (χ1n) is 4.99. The van der Waals surface area contributed by atoms with Gasteiger partial charge in [0.2, 0.25) is 0 Å². The van der Waals surface area contributed by atoms with E-state index in [9.17, 15) is 10.2 Å². The van der Waals surface area contributed by atoms with Gasteiger partial charge in [0.1, 0.15) is 12.5 Å². The summed E-state index contributed by atoms with van der Waals surface area (Å²) in [6.07, 6.45) is 0.103. The van der Waals surface area contributed by atoms with Crippen molar-refractivity contribution in [3.05, 3.63) is 0 Å². The minimum Gasteiger partial charge on any atom is -0.379 e. The molecule has 4 nitrogen and oxygen atoms in total. The lowest BCUT2D eigenvalue weighted by molar-refractivity contribution is -0.0639. The van der Waals surface area contributed by atoms with Crippen LogP contribution in [0.3, 0.4) is 0 Å². The average molecular weight is 188 g/mol. The summed E-state index contributed by atoms with van der Waals surface area (Å²) in [5.41, 5.74) is 0. The highest BCUT2D eigenvalue weighted by Crippen LogP contribution is 2.08. The van der Waals surface area contributed by atoms with Gasteiger partial charge in [0, 0.05) is 26.2 Å². The van der Waals surface area contributed by atoms with Crippen LogP contribution in [0.1, 0.15) is 20.3 Å². The highest BCUT2D eigenvalue weighted by molar-refractivity contribution is 4.73. The van der Waals surface area contributed by atoms with Gasteiger partial charge in [-0.15, -0.1) is 0 Å². The van der Waals surface area contributed by atoms with E-state index in [1.807, 2.05) is 11.8 Å². The Morgan fingerprint density at radius 1 is 1.08 bits per heavy atom. The van der Waals surface area contributed by atoms with Crippen molar-refractivity contribution in [2.45, 2.75) is 32.7 Å². The largest absolute Gasteiger partial charge is 0.379 e. The van der Waals surface area contributed by atoms with Crippen molar-refractivity contribution in [2.75, 3.05) is 26.2 Å². The van der Waals surface area contributed by atoms with E-state index >= 15 is 0 Å². The fraction of sp³-hybridized carbons (Fsp3) is 1.00. The van der Waals surface area contributed by atoms with Crippen LogP contribution in [0.5, 0.6) is 0 Å². The van der Waals surface area contributed by atoms with Crippen LogP contribution in [-0.4, -0.2) is 58.6 Å². The van der Waals surface area contributed by atoms with Gasteiger partial charge in [-0.3, -0.25) is 9.80 Å². The molecule has 1 rings (SSSR count). The molecule has 0 radical (unpaired) electrons. The lowest BCUT2D eigenvalue weighted by Crippen LogP contribution is -2.52. The highest BCUT2D eigenvalue weighted by Gasteiger charge is 2.22. The van der Waals surface area contributed by atoms with Crippen LogP contribution in [0.15, 0.2) is 0 Å². The van der Waals surface area contributed by atoms with Gasteiger partial charge in [0.25, 0.3) is 0 Å². The maximum atomic E-state index is 9.55. The number of aliphatic hydroxyl groups excluding tert-OH is 2. The molecule has 2 N–H and O–H groups in total. The van der Waals surface area contributed by atoms with Gasteiger partial charge in [-0.25, -0.2) is 0 Å². The van der Waals surface area contributed by atoms with Crippen molar-refractivity contribution in [3.8, 4) is 0 Å². The van der Waals surface area contributed by atoms with E-state index in [1.165, 1.54) is 0 Å². The summed E-state index contributed by atoms with van der Waals surface area (Å²) < 4.78 is 0. The Morgan fingerprint density at radius 3 is 1.92 bits per heavy atom. The van der Waals surface area contributed by atoms with Gasteiger partial charge in [0.05, 0.1) is 0 Å². The van der Waals surface area contributed by atoms with Gasteiger partial charge in [-0.05, 0) is 13.3 Å². The van der Waals surface area contributed by atoms with Gasteiger partial charge in [0.15, 0.2) is 0 Å². The van der Waals surface area contributed by atoms with E-state index in [0.717, 1.165) is 32.6 Å². The van der Waals surface area contributed by atoms with Crippen molar-refractivity contribution in [1.82, 2.24) is 9.80 Å². The Bertz CT molecular complexity index is 145. The van der Waals surface area contributed by atoms with E-state index in [2.05, 4.69) is 4.90 Å². The predicted octanol–water partition coefficient (Wildman–Crippen LogP) is -0.329. The molecule has 1 saturated heterocycles. The molecular weight excluding hydrogens is 168 g/mol. The number of aliphatic hydroxyl groups is 2. The molecule has 0 aromatic heterocycles. The van der Waals surface area contributed by atoms with Crippen LogP contribution in [0.2, 0.25) is 0 Å². The maximum absolute atomic E-state index is 9.55. The third-order valence-electron chi connectivity index (χ3n) is 2.66. The van der Waals surface area contributed by atoms with Gasteiger partial charge in [-0.1, -0.05) is 6.92 Å². The molecule has 2 unspecified atom stereocenters. The van der Waals surface area contributed by atoms with Crippen LogP contribution >= 0.6 is 0 Å². The lowest BCUT2D eigenvalue weighted by atomic mass is 10.2. The van der Waals surface area contributed by atoms with Crippen molar-refractivity contribution in [3.63, 3.8) is 0 Å². The summed E-state index contributed by atoms with van der Waals surface area (Å²) in [6, 6.07) is 0. The first-order valence-corrected chi connectivity index (χ1v) is 4.99. The zero-order valence-electron chi connectivity index (χ0n) is 8.48. The Labute approximate surface area is 79.8 Å². The number of nitrogens with zero attached hydrogens (tertiary/aromatic N) is 2. The van der Waals surface area contributed by atoms with Crippen LogP contribution in [0.4, 0.5) is 0 Å². The first-order chi connectivity index (χ1) is 6.15. The smallest absolute Gasteiger partial charge is 0.107 e. The molecule has 1 aliphatic heterocycles. The number of hydrogen-bond donors (Lipinski definition) is 2. The van der Waals surface area contributed by atoms with Crippen molar-refractivity contribution >= 4 is 0 Å². The molecule has 0 bridgehead atoms. The fourth-order valence-electron chi connectivity index (χ4n) is 1.67. The molecule has 0 aliphatic carbocycles. The summed E-state index contributed by atoms with van der Waals surface area (Å²) in [7, 11) is 0. The van der Waals surface area contributed by atoms with Gasteiger partial charge >= 0.3 is 0 Å². The van der Waals surface area contributed by atoms with Gasteiger partial charge < -0.3 is 10.2 Å². The zero-order valence-corrected chi connectivity index (χ0v) is 8.48. The Hall–Kier alpha value is -0.160. The van der Waals surface area contributed by atoms with Crippen molar-refractivity contribution in [1.29, 1.82) is 0 Å². The quantitative estimate of drug-likeness (QED) is 0.637. The van der Waals surface area contributed by atoms with Crippen molar-refractivity contribution in [2.24, 2.45) is 0 Å². The summed E-state index contributed by atoms with van der Waals surface area (Å²) in [4.78, 5) is 4.07. The predicted molar refractivity (Wildman–Crippen MR) is 51.1 cm³/mol. The lowest BCUT2D eigenvalue weighted by Gasteiger charge is -2.38. The second-order valence-electron chi connectivity index (χ2n) is 3.59. The zero-order chi connectivity index (χ0) is 9.84. The third kappa shape index (κ3) is 2.91. The standard InChI is InChI=1S/C9H20N2O2/c1-3-9(13)11-6-4-10(5-7-11)8(2)12/h8-9,12-13H,3-7H2,1-2H3. The maximum Gasteiger partial charge on any atom is 0.107 e. The highest BCUT2D eigenvalue weighted by atomic mass is 16.3. The number of hydrogen-bond acceptors (Lipinski definition) is 4. The Kier molecular flexibility index (Phi) is 4.12. The molecule has 0 spiro atoms. The normalized spacial score (nSPS) is 25.8. The summed E-state index contributed by atoms with van der Waals surface area (Å²) in [5.74, 6) is 0. The second-order valence-corrected chi connectivity index (χ2v) is 3.59. The summed E-state index contributed by atoms with van der Waals surface area (Å²) >= 11 is 0. The molecule has 13 heavy (non-hydrogen) atoms. The molecule has 0 aromatic rings. The van der Waals surface area contributed by atoms with Gasteiger partial charge in [-0.2, -0.15) is 0 Å². The molecule has 4 heteroatoms. The molecule has 2 atom stereocenters. The Balaban J connectivity index is 2.30. The van der Waals surface area contributed by atoms with Crippen LogP contribution in [0.25, 0.3) is 0 Å². The molecule has 1 fully saturated rings. The Morgan fingerprint density at radius 2 is 1.54 bits per heavy atom. The molecular formula is C9H20N2O2. The SMILES string of the molecule is CCC(O)N1CCN(C(C)O)CC1. The molecule has 1 heterocycles. The van der Waals surface area contributed by atoms with Crippen LogP contribution < -0.4 is 0 Å². The van der Waals surface area contributed by atoms with E-state index in [-0.39, 0.29) is 12.5 Å². The van der Waals surface area contributed by atoms with E-state index in [1.54, 1.807) is 6.92 Å². The fourth-order valence-corrected chi connectivity index (χ4v) is 1.67. The summed E-state index contributed by atoms with van der Waals surface area (Å²) in [6.45, 7) is 7.14. The topological polar surface area (TPSA) is 46.9 Å².